The van der Waals surface area contributed by atoms with Gasteiger partial charge in [-0.1, -0.05) is 0 Å². The molecule has 134 valence electrons. The first-order valence-electron chi connectivity index (χ1n) is 7.07. The molecule has 11 heteroatoms. The van der Waals surface area contributed by atoms with Crippen LogP contribution in [0.5, 0.6) is 5.75 Å². The summed E-state index contributed by atoms with van der Waals surface area (Å²) in [5.41, 5.74) is 4.08. The van der Waals surface area contributed by atoms with Crippen molar-refractivity contribution in [2.45, 2.75) is 0 Å². The molecule has 0 unspecified atom stereocenters. The van der Waals surface area contributed by atoms with Crippen LogP contribution in [0.3, 0.4) is 0 Å². The van der Waals surface area contributed by atoms with E-state index in [0.29, 0.717) is 0 Å². The zero-order valence-electron chi connectivity index (χ0n) is 13.1. The minimum Gasteiger partial charge on any atom is -0.484 e. The number of carbonyl (C=O) groups is 2. The van der Waals surface area contributed by atoms with Gasteiger partial charge in [0.05, 0.1) is 9.85 Å². The van der Waals surface area contributed by atoms with Crippen LogP contribution in [0, 0.1) is 20.2 Å². The van der Waals surface area contributed by atoms with Crippen molar-refractivity contribution >= 4 is 23.2 Å². The van der Waals surface area contributed by atoms with Gasteiger partial charge in [-0.2, -0.15) is 0 Å². The predicted molar refractivity (Wildman–Crippen MR) is 87.3 cm³/mol. The quantitative estimate of drug-likeness (QED) is 0.582. The third kappa shape index (κ3) is 4.99. The number of ether oxygens (including phenoxy) is 1. The van der Waals surface area contributed by atoms with Crippen molar-refractivity contribution in [2.75, 3.05) is 6.61 Å². The van der Waals surface area contributed by atoms with Crippen LogP contribution in [-0.2, 0) is 4.79 Å². The average molecular weight is 360 g/mol. The summed E-state index contributed by atoms with van der Waals surface area (Å²) in [7, 11) is 0. The second kappa shape index (κ2) is 8.19. The Morgan fingerprint density at radius 3 is 1.85 bits per heavy atom. The Balaban J connectivity index is 1.79. The molecule has 0 aromatic heterocycles. The number of hydrogen-bond donors (Lipinski definition) is 2. The normalized spacial score (nSPS) is 9.85. The van der Waals surface area contributed by atoms with E-state index in [1.165, 1.54) is 36.4 Å². The van der Waals surface area contributed by atoms with Crippen LogP contribution in [0.1, 0.15) is 10.4 Å². The van der Waals surface area contributed by atoms with E-state index in [0.717, 1.165) is 12.1 Å². The molecule has 0 heterocycles. The highest BCUT2D eigenvalue weighted by atomic mass is 16.6. The number of benzene rings is 2. The minimum absolute atomic E-state index is 0.114. The Morgan fingerprint density at radius 2 is 1.35 bits per heavy atom. The Hall–Kier alpha value is -4.02. The second-order valence-electron chi connectivity index (χ2n) is 4.85. The smallest absolute Gasteiger partial charge is 0.276 e. The van der Waals surface area contributed by atoms with E-state index in [1.54, 1.807) is 0 Å². The molecule has 0 spiro atoms. The molecule has 2 amide bonds. The molecule has 2 N–H and O–H groups in total. The summed E-state index contributed by atoms with van der Waals surface area (Å²) in [6.07, 6.45) is 0. The van der Waals surface area contributed by atoms with Crippen molar-refractivity contribution < 1.29 is 24.2 Å². The number of hydrogen-bond acceptors (Lipinski definition) is 7. The molecule has 0 saturated heterocycles. The van der Waals surface area contributed by atoms with Gasteiger partial charge in [-0.15, -0.1) is 0 Å². The van der Waals surface area contributed by atoms with Crippen molar-refractivity contribution in [3.63, 3.8) is 0 Å². The summed E-state index contributed by atoms with van der Waals surface area (Å²) in [6, 6.07) is 9.93. The van der Waals surface area contributed by atoms with E-state index in [1.807, 2.05) is 0 Å². The molecule has 11 nitrogen and oxygen atoms in total. The van der Waals surface area contributed by atoms with Gasteiger partial charge in [0.25, 0.3) is 23.2 Å². The predicted octanol–water partition coefficient (Wildman–Crippen LogP) is 1.34. The number of rotatable bonds is 6. The lowest BCUT2D eigenvalue weighted by Gasteiger charge is -2.08. The highest BCUT2D eigenvalue weighted by molar-refractivity contribution is 5.95. The van der Waals surface area contributed by atoms with Crippen LogP contribution in [-0.4, -0.2) is 28.3 Å². The molecule has 0 fully saturated rings. The van der Waals surface area contributed by atoms with Crippen molar-refractivity contribution in [3.05, 3.63) is 74.3 Å². The number of nitro benzene ring substituents is 2. The largest absolute Gasteiger partial charge is 0.484 e. The van der Waals surface area contributed by atoms with Gasteiger partial charge in [-0.25, -0.2) is 0 Å². The summed E-state index contributed by atoms with van der Waals surface area (Å²) in [5, 5.41) is 21.1. The molecule has 2 rings (SSSR count). The third-order valence-corrected chi connectivity index (χ3v) is 3.07. The molecule has 0 aliphatic carbocycles. The minimum atomic E-state index is -0.668. The molecule has 0 aliphatic rings. The standard InChI is InChI=1S/C15H12N4O7/c20-14(9-26-13-7-5-12(6-8-13)19(24)25)16-17-15(21)10-1-3-11(4-2-10)18(22)23/h1-8H,9H2,(H,16,20)(H,17,21). The number of hydrazine groups is 1. The highest BCUT2D eigenvalue weighted by Gasteiger charge is 2.11. The SMILES string of the molecule is O=C(COc1ccc([N+](=O)[O-])cc1)NNC(=O)c1ccc([N+](=O)[O-])cc1. The van der Waals surface area contributed by atoms with E-state index in [2.05, 4.69) is 10.9 Å². The Kier molecular flexibility index (Phi) is 5.77. The van der Waals surface area contributed by atoms with Gasteiger partial charge in [-0.05, 0) is 24.3 Å². The molecule has 26 heavy (non-hydrogen) atoms. The first kappa shape index (κ1) is 18.3. The molecule has 0 atom stereocenters. The van der Waals surface area contributed by atoms with Gasteiger partial charge in [0, 0.05) is 29.8 Å². The molecular weight excluding hydrogens is 348 g/mol. The Morgan fingerprint density at radius 1 is 0.846 bits per heavy atom. The number of nitro groups is 2. The molecule has 0 radical (unpaired) electrons. The van der Waals surface area contributed by atoms with Crippen molar-refractivity contribution in [1.82, 2.24) is 10.9 Å². The molecule has 0 aliphatic heterocycles. The second-order valence-corrected chi connectivity index (χ2v) is 4.85. The average Bonchev–Trinajstić information content (AvgIpc) is 2.64. The van der Waals surface area contributed by atoms with Crippen LogP contribution in [0.15, 0.2) is 48.5 Å². The summed E-state index contributed by atoms with van der Waals surface area (Å²) in [5.74, 6) is -1.09. The van der Waals surface area contributed by atoms with Gasteiger partial charge >= 0.3 is 0 Å². The van der Waals surface area contributed by atoms with E-state index in [-0.39, 0.29) is 22.7 Å². The Labute approximate surface area is 145 Å². The molecule has 0 bridgehead atoms. The van der Waals surface area contributed by atoms with Gasteiger partial charge in [0.15, 0.2) is 6.61 Å². The first-order chi connectivity index (χ1) is 12.4. The topological polar surface area (TPSA) is 154 Å². The lowest BCUT2D eigenvalue weighted by molar-refractivity contribution is -0.385. The van der Waals surface area contributed by atoms with Gasteiger partial charge in [0.2, 0.25) is 0 Å². The number of nitrogens with zero attached hydrogens (tertiary/aromatic N) is 2. The molecule has 2 aromatic rings. The van der Waals surface area contributed by atoms with Crippen LogP contribution >= 0.6 is 0 Å². The monoisotopic (exact) mass is 360 g/mol. The Bertz CT molecular complexity index is 834. The van der Waals surface area contributed by atoms with Crippen molar-refractivity contribution in [1.29, 1.82) is 0 Å². The lowest BCUT2D eigenvalue weighted by atomic mass is 10.2. The fourth-order valence-electron chi connectivity index (χ4n) is 1.78. The molecule has 2 aromatic carbocycles. The van der Waals surface area contributed by atoms with E-state index >= 15 is 0 Å². The van der Waals surface area contributed by atoms with Crippen molar-refractivity contribution in [3.8, 4) is 5.75 Å². The fraction of sp³-hybridized carbons (Fsp3) is 0.0667. The maximum Gasteiger partial charge on any atom is 0.276 e. The maximum absolute atomic E-state index is 11.8. The van der Waals surface area contributed by atoms with Gasteiger partial charge in [0.1, 0.15) is 5.75 Å². The third-order valence-electron chi connectivity index (χ3n) is 3.07. The lowest BCUT2D eigenvalue weighted by Crippen LogP contribution is -2.43. The summed E-state index contributed by atoms with van der Waals surface area (Å²) < 4.78 is 5.12. The number of amides is 2. The van der Waals surface area contributed by atoms with Crippen LogP contribution in [0.2, 0.25) is 0 Å². The van der Waals surface area contributed by atoms with Crippen molar-refractivity contribution in [2.24, 2.45) is 0 Å². The number of nitrogens with one attached hydrogen (secondary N) is 2. The fourth-order valence-corrected chi connectivity index (χ4v) is 1.78. The zero-order valence-corrected chi connectivity index (χ0v) is 13.1. The summed E-state index contributed by atoms with van der Waals surface area (Å²) >= 11 is 0. The van der Waals surface area contributed by atoms with Gasteiger partial charge in [-0.3, -0.25) is 40.7 Å². The van der Waals surface area contributed by atoms with Crippen LogP contribution < -0.4 is 15.6 Å². The number of non-ortho nitro benzene ring substituents is 2. The van der Waals surface area contributed by atoms with Crippen LogP contribution in [0.25, 0.3) is 0 Å². The molecular formula is C15H12N4O7. The van der Waals surface area contributed by atoms with Crippen LogP contribution in [0.4, 0.5) is 11.4 Å². The first-order valence-corrected chi connectivity index (χ1v) is 7.07. The zero-order chi connectivity index (χ0) is 19.1. The van der Waals surface area contributed by atoms with E-state index in [4.69, 9.17) is 4.74 Å². The summed E-state index contributed by atoms with van der Waals surface area (Å²) in [6.45, 7) is -0.432. The van der Waals surface area contributed by atoms with E-state index in [9.17, 15) is 29.8 Å². The van der Waals surface area contributed by atoms with Gasteiger partial charge < -0.3 is 4.74 Å². The summed E-state index contributed by atoms with van der Waals surface area (Å²) in [4.78, 5) is 43.3. The maximum atomic E-state index is 11.8. The molecule has 0 saturated carbocycles. The highest BCUT2D eigenvalue weighted by Crippen LogP contribution is 2.17. The van der Waals surface area contributed by atoms with E-state index < -0.39 is 28.3 Å². The number of carbonyl (C=O) groups excluding carboxylic acids is 2.